The Kier molecular flexibility index (Phi) is 9.11. The fourth-order valence-corrected chi connectivity index (χ4v) is 2.06. The number of aromatic hydroxyl groups is 2. The number of rotatable bonds is 6. The van der Waals surface area contributed by atoms with Crippen LogP contribution >= 0.6 is 0 Å². The zero-order valence-electron chi connectivity index (χ0n) is 14.9. The van der Waals surface area contributed by atoms with Gasteiger partial charge in [-0.15, -0.1) is 0 Å². The summed E-state index contributed by atoms with van der Waals surface area (Å²) in [6.07, 6.45) is 4.51. The van der Waals surface area contributed by atoms with Gasteiger partial charge in [0.05, 0.1) is 30.8 Å². The summed E-state index contributed by atoms with van der Waals surface area (Å²) in [5, 5.41) is 19.5. The number of allylic oxidation sites excluding steroid dienone is 1. The van der Waals surface area contributed by atoms with Crippen molar-refractivity contribution in [2.75, 3.05) is 14.2 Å². The Hall–Kier alpha value is -3.32. The van der Waals surface area contributed by atoms with Crippen molar-refractivity contribution in [2.45, 2.75) is 0 Å². The highest BCUT2D eigenvalue weighted by atomic mass is 32.1. The van der Waals surface area contributed by atoms with Gasteiger partial charge in [-0.25, -0.2) is 4.21 Å². The highest BCUT2D eigenvalue weighted by molar-refractivity contribution is 7.66. The van der Waals surface area contributed by atoms with Crippen molar-refractivity contribution in [1.82, 2.24) is 0 Å². The Bertz CT molecular complexity index is 882. The molecule has 0 amide bonds. The summed E-state index contributed by atoms with van der Waals surface area (Å²) in [5.41, 5.74) is 1.63. The first-order valence-electron chi connectivity index (χ1n) is 7.65. The van der Waals surface area contributed by atoms with E-state index < -0.39 is 0 Å². The van der Waals surface area contributed by atoms with Crippen LogP contribution in [-0.4, -0.2) is 39.8 Å². The van der Waals surface area contributed by atoms with Gasteiger partial charge in [-0.1, -0.05) is 30.9 Å². The van der Waals surface area contributed by atoms with Crippen molar-refractivity contribution in [3.63, 3.8) is 0 Å². The van der Waals surface area contributed by atoms with Crippen molar-refractivity contribution >= 4 is 34.6 Å². The third-order valence-electron chi connectivity index (χ3n) is 3.25. The maximum Gasteiger partial charge on any atom is 0.191 e. The van der Waals surface area contributed by atoms with Gasteiger partial charge in [0, 0.05) is 0 Å². The molecule has 0 saturated heterocycles. The largest absolute Gasteiger partial charge is 0.504 e. The van der Waals surface area contributed by atoms with E-state index in [2.05, 4.69) is 6.58 Å². The molecule has 0 saturated carbocycles. The SMILES string of the molecule is C=Cc1ccc(O)c(OC)c1.COc1cc(C=CC(=O)C=S=O)ccc1O. The van der Waals surface area contributed by atoms with Crippen molar-refractivity contribution in [1.29, 1.82) is 0 Å². The Morgan fingerprint density at radius 1 is 1.00 bits per heavy atom. The lowest BCUT2D eigenvalue weighted by atomic mass is 10.2. The number of ketones is 1. The molecule has 6 nitrogen and oxygen atoms in total. The monoisotopic (exact) mass is 388 g/mol. The molecule has 0 radical (unpaired) electrons. The van der Waals surface area contributed by atoms with Gasteiger partial charge in [0.1, 0.15) is 0 Å². The molecule has 2 aromatic carbocycles. The lowest BCUT2D eigenvalue weighted by Gasteiger charge is -2.03. The van der Waals surface area contributed by atoms with Gasteiger partial charge in [0.15, 0.2) is 28.8 Å². The molecule has 0 aliphatic carbocycles. The Labute approximate surface area is 161 Å². The smallest absolute Gasteiger partial charge is 0.191 e. The summed E-state index contributed by atoms with van der Waals surface area (Å²) in [7, 11) is 2.96. The van der Waals surface area contributed by atoms with Crippen LogP contribution in [-0.2, 0) is 16.1 Å². The van der Waals surface area contributed by atoms with Gasteiger partial charge in [-0.3, -0.25) is 4.79 Å². The normalized spacial score (nSPS) is 9.70. The van der Waals surface area contributed by atoms with Gasteiger partial charge in [-0.2, -0.15) is 0 Å². The van der Waals surface area contributed by atoms with Crippen LogP contribution in [0.15, 0.2) is 49.1 Å². The van der Waals surface area contributed by atoms with Gasteiger partial charge in [0.25, 0.3) is 0 Å². The second kappa shape index (κ2) is 11.3. The van der Waals surface area contributed by atoms with Crippen LogP contribution in [0, 0.1) is 0 Å². The summed E-state index contributed by atoms with van der Waals surface area (Å²) in [6.45, 7) is 3.60. The lowest BCUT2D eigenvalue weighted by Crippen LogP contribution is -1.92. The summed E-state index contributed by atoms with van der Waals surface area (Å²) in [5.74, 6) is 0.622. The fraction of sp³-hybridized carbons (Fsp3) is 0.100. The number of carbonyl (C=O) groups is 1. The highest BCUT2D eigenvalue weighted by Gasteiger charge is 2.01. The van der Waals surface area contributed by atoms with Gasteiger partial charge >= 0.3 is 0 Å². The van der Waals surface area contributed by atoms with Gasteiger partial charge < -0.3 is 19.7 Å². The molecule has 0 aromatic heterocycles. The van der Waals surface area contributed by atoms with Crippen LogP contribution in [0.2, 0.25) is 0 Å². The van der Waals surface area contributed by atoms with E-state index in [1.54, 1.807) is 36.4 Å². The third-order valence-corrected chi connectivity index (χ3v) is 3.58. The molecule has 0 aliphatic rings. The Morgan fingerprint density at radius 2 is 1.52 bits per heavy atom. The maximum atomic E-state index is 11.0. The standard InChI is InChI=1S/C11H10O4S.C9H10O2/c1-15-11-6-8(3-5-10(11)13)2-4-9(12)7-16-14;1-3-7-4-5-8(10)9(6-7)11-2/h2-7,13H,1H3;3-6,10H,1H2,2H3. The molecule has 0 spiro atoms. The highest BCUT2D eigenvalue weighted by Crippen LogP contribution is 2.27. The number of hydrogen-bond acceptors (Lipinski definition) is 6. The molecular formula is C20H20O6S. The van der Waals surface area contributed by atoms with E-state index in [1.807, 2.05) is 0 Å². The topological polar surface area (TPSA) is 93.1 Å². The molecule has 0 aliphatic heterocycles. The third kappa shape index (κ3) is 7.21. The molecule has 0 unspecified atom stereocenters. The summed E-state index contributed by atoms with van der Waals surface area (Å²) in [6, 6.07) is 9.76. The quantitative estimate of drug-likeness (QED) is 0.584. The number of hydrogen-bond donors (Lipinski definition) is 2. The molecule has 0 heterocycles. The van der Waals surface area contributed by atoms with E-state index in [9.17, 15) is 19.2 Å². The van der Waals surface area contributed by atoms with Crippen molar-refractivity contribution < 1.29 is 28.7 Å². The number of carbonyl (C=O) groups excluding carboxylic acids is 1. The predicted molar refractivity (Wildman–Crippen MR) is 108 cm³/mol. The van der Waals surface area contributed by atoms with Crippen LogP contribution in [0.4, 0.5) is 0 Å². The zero-order valence-corrected chi connectivity index (χ0v) is 15.7. The Balaban J connectivity index is 0.000000289. The number of phenolic OH excluding ortho intramolecular Hbond substituents is 2. The zero-order chi connectivity index (χ0) is 20.2. The molecule has 2 aromatic rings. The van der Waals surface area contributed by atoms with E-state index in [4.69, 9.17) is 9.47 Å². The second-order valence-electron chi connectivity index (χ2n) is 5.02. The van der Waals surface area contributed by atoms with Crippen molar-refractivity contribution in [3.8, 4) is 23.0 Å². The van der Waals surface area contributed by atoms with Crippen LogP contribution in [0.3, 0.4) is 0 Å². The summed E-state index contributed by atoms with van der Waals surface area (Å²) in [4.78, 5) is 11.0. The van der Waals surface area contributed by atoms with Gasteiger partial charge in [0.2, 0.25) is 0 Å². The lowest BCUT2D eigenvalue weighted by molar-refractivity contribution is -0.108. The van der Waals surface area contributed by atoms with Crippen LogP contribution in [0.1, 0.15) is 11.1 Å². The first kappa shape index (κ1) is 21.7. The van der Waals surface area contributed by atoms with Crippen molar-refractivity contribution in [3.05, 3.63) is 60.2 Å². The molecule has 0 atom stereocenters. The molecule has 142 valence electrons. The van der Waals surface area contributed by atoms with E-state index in [-0.39, 0.29) is 28.5 Å². The molecule has 0 fully saturated rings. The molecule has 7 heteroatoms. The average molecular weight is 388 g/mol. The summed E-state index contributed by atoms with van der Waals surface area (Å²) < 4.78 is 19.8. The molecule has 2 N–H and O–H groups in total. The first-order chi connectivity index (χ1) is 12.9. The van der Waals surface area contributed by atoms with Crippen molar-refractivity contribution in [2.24, 2.45) is 0 Å². The fourth-order valence-electron chi connectivity index (χ4n) is 1.88. The molecular weight excluding hydrogens is 368 g/mol. The summed E-state index contributed by atoms with van der Waals surface area (Å²) >= 11 is 0.114. The average Bonchev–Trinajstić information content (AvgIpc) is 2.68. The van der Waals surface area contributed by atoms with E-state index in [1.165, 1.54) is 32.4 Å². The Morgan fingerprint density at radius 3 is 2.00 bits per heavy atom. The number of ether oxygens (including phenoxy) is 2. The minimum atomic E-state index is -0.368. The van der Waals surface area contributed by atoms with E-state index in [0.717, 1.165) is 10.9 Å². The minimum Gasteiger partial charge on any atom is -0.504 e. The van der Waals surface area contributed by atoms with Crippen LogP contribution in [0.25, 0.3) is 12.2 Å². The van der Waals surface area contributed by atoms with Crippen LogP contribution in [0.5, 0.6) is 23.0 Å². The maximum absolute atomic E-state index is 11.0. The molecule has 2 rings (SSSR count). The van der Waals surface area contributed by atoms with E-state index in [0.29, 0.717) is 17.1 Å². The number of phenols is 2. The minimum absolute atomic E-state index is 0.0349. The molecule has 0 bridgehead atoms. The van der Waals surface area contributed by atoms with Gasteiger partial charge in [-0.05, 0) is 41.5 Å². The number of benzene rings is 2. The molecule has 27 heavy (non-hydrogen) atoms. The predicted octanol–water partition coefficient (Wildman–Crippen LogP) is 3.04. The van der Waals surface area contributed by atoms with E-state index >= 15 is 0 Å². The first-order valence-corrected chi connectivity index (χ1v) is 8.46. The number of methoxy groups -OCH3 is 2. The second-order valence-corrected chi connectivity index (χ2v) is 5.44. The van der Waals surface area contributed by atoms with Crippen LogP contribution < -0.4 is 9.47 Å².